The Kier molecular flexibility index (Phi) is 3.39. The number of sulfonamides is 1. The van der Waals surface area contributed by atoms with Crippen LogP contribution >= 0.6 is 0 Å². The molecular formula is C16H16N2O2S. The van der Waals surface area contributed by atoms with Gasteiger partial charge in [0.05, 0.1) is 0 Å². The smallest absolute Gasteiger partial charge is 0.244 e. The van der Waals surface area contributed by atoms with Crippen molar-refractivity contribution >= 4 is 15.6 Å². The van der Waals surface area contributed by atoms with E-state index < -0.39 is 10.0 Å². The zero-order chi connectivity index (χ0) is 15.0. The van der Waals surface area contributed by atoms with Gasteiger partial charge in [0.25, 0.3) is 0 Å². The molecule has 0 aliphatic heterocycles. The van der Waals surface area contributed by atoms with Gasteiger partial charge in [0.1, 0.15) is 4.90 Å². The van der Waals surface area contributed by atoms with Crippen LogP contribution in [-0.4, -0.2) is 31.8 Å². The van der Waals surface area contributed by atoms with Crippen molar-refractivity contribution in [3.05, 3.63) is 65.5 Å². The Morgan fingerprint density at radius 2 is 1.90 bits per heavy atom. The molecule has 0 atom stereocenters. The molecule has 1 aromatic carbocycles. The highest BCUT2D eigenvalue weighted by Crippen LogP contribution is 2.33. The first kappa shape index (κ1) is 14.0. The molecule has 0 amide bonds. The molecule has 108 valence electrons. The first-order valence-electron chi connectivity index (χ1n) is 6.66. The summed E-state index contributed by atoms with van der Waals surface area (Å²) in [6, 6.07) is 9.84. The number of aromatic nitrogens is 1. The number of nitrogens with zero attached hydrogens (tertiary/aromatic N) is 2. The standard InChI is InChI=1S/C16H16N2O2S/c1-18(2)21(19,20)14-9-13(10-17-11-14)16-8-7-12-5-3-4-6-15(12)16/h3-6,8-11H,7H2,1-2H3. The van der Waals surface area contributed by atoms with Crippen LogP contribution in [0.2, 0.25) is 0 Å². The summed E-state index contributed by atoms with van der Waals surface area (Å²) >= 11 is 0. The van der Waals surface area contributed by atoms with Gasteiger partial charge in [-0.3, -0.25) is 4.98 Å². The summed E-state index contributed by atoms with van der Waals surface area (Å²) in [4.78, 5) is 4.32. The molecule has 1 heterocycles. The lowest BCUT2D eigenvalue weighted by atomic mass is 10.0. The van der Waals surface area contributed by atoms with Gasteiger partial charge in [0.2, 0.25) is 10.0 Å². The van der Waals surface area contributed by atoms with Gasteiger partial charge in [-0.15, -0.1) is 0 Å². The first-order valence-corrected chi connectivity index (χ1v) is 8.10. The number of benzene rings is 1. The Bertz CT molecular complexity index is 824. The number of hydrogen-bond acceptors (Lipinski definition) is 3. The molecule has 2 aromatic rings. The van der Waals surface area contributed by atoms with Crippen LogP contribution in [0.3, 0.4) is 0 Å². The maximum absolute atomic E-state index is 12.2. The van der Waals surface area contributed by atoms with Crippen molar-refractivity contribution < 1.29 is 8.42 Å². The third-order valence-corrected chi connectivity index (χ3v) is 5.42. The van der Waals surface area contributed by atoms with Crippen LogP contribution in [0.1, 0.15) is 16.7 Å². The molecule has 1 aromatic heterocycles. The summed E-state index contributed by atoms with van der Waals surface area (Å²) < 4.78 is 25.6. The van der Waals surface area contributed by atoms with Gasteiger partial charge in [0.15, 0.2) is 0 Å². The Balaban J connectivity index is 2.07. The van der Waals surface area contributed by atoms with Crippen molar-refractivity contribution in [1.82, 2.24) is 9.29 Å². The van der Waals surface area contributed by atoms with E-state index in [1.54, 1.807) is 12.3 Å². The molecule has 0 radical (unpaired) electrons. The van der Waals surface area contributed by atoms with Crippen molar-refractivity contribution in [3.63, 3.8) is 0 Å². The minimum absolute atomic E-state index is 0.218. The molecule has 1 aliphatic carbocycles. The van der Waals surface area contributed by atoms with E-state index in [1.807, 2.05) is 12.1 Å². The SMILES string of the molecule is CN(C)S(=O)(=O)c1cncc(C2=CCc3ccccc32)c1. The van der Waals surface area contributed by atoms with Crippen molar-refractivity contribution in [2.24, 2.45) is 0 Å². The van der Waals surface area contributed by atoms with Gasteiger partial charge < -0.3 is 0 Å². The quantitative estimate of drug-likeness (QED) is 0.874. The number of allylic oxidation sites excluding steroid dienone is 1. The van der Waals surface area contributed by atoms with Gasteiger partial charge >= 0.3 is 0 Å². The van der Waals surface area contributed by atoms with Crippen LogP contribution in [0, 0.1) is 0 Å². The van der Waals surface area contributed by atoms with E-state index in [0.717, 1.165) is 23.1 Å². The molecule has 5 heteroatoms. The Morgan fingerprint density at radius 1 is 1.14 bits per heavy atom. The van der Waals surface area contributed by atoms with E-state index in [0.29, 0.717) is 0 Å². The summed E-state index contributed by atoms with van der Waals surface area (Å²) in [5.41, 5.74) is 4.30. The van der Waals surface area contributed by atoms with Crippen molar-refractivity contribution in [1.29, 1.82) is 0 Å². The largest absolute Gasteiger partial charge is 0.263 e. The van der Waals surface area contributed by atoms with E-state index in [9.17, 15) is 8.42 Å². The molecule has 0 fully saturated rings. The molecule has 3 rings (SSSR count). The monoisotopic (exact) mass is 300 g/mol. The van der Waals surface area contributed by atoms with Crippen LogP contribution in [-0.2, 0) is 16.4 Å². The summed E-state index contributed by atoms with van der Waals surface area (Å²) in [6.45, 7) is 0. The van der Waals surface area contributed by atoms with Crippen LogP contribution in [0.5, 0.6) is 0 Å². The maximum atomic E-state index is 12.2. The van der Waals surface area contributed by atoms with E-state index in [4.69, 9.17) is 0 Å². The number of fused-ring (bicyclic) bond motifs is 1. The molecular weight excluding hydrogens is 284 g/mol. The molecule has 0 spiro atoms. The zero-order valence-electron chi connectivity index (χ0n) is 11.9. The highest BCUT2D eigenvalue weighted by atomic mass is 32.2. The second-order valence-electron chi connectivity index (χ2n) is 5.18. The average molecular weight is 300 g/mol. The number of rotatable bonds is 3. The van der Waals surface area contributed by atoms with E-state index >= 15 is 0 Å². The summed E-state index contributed by atoms with van der Waals surface area (Å²) in [5.74, 6) is 0. The lowest BCUT2D eigenvalue weighted by Crippen LogP contribution is -2.22. The molecule has 4 nitrogen and oxygen atoms in total. The van der Waals surface area contributed by atoms with Gasteiger partial charge in [-0.1, -0.05) is 30.3 Å². The molecule has 0 bridgehead atoms. The van der Waals surface area contributed by atoms with Crippen LogP contribution in [0.15, 0.2) is 53.7 Å². The van der Waals surface area contributed by atoms with Gasteiger partial charge in [-0.2, -0.15) is 0 Å². The van der Waals surface area contributed by atoms with Crippen LogP contribution in [0.4, 0.5) is 0 Å². The Hall–Kier alpha value is -1.98. The summed E-state index contributed by atoms with van der Waals surface area (Å²) in [7, 11) is -0.423. The average Bonchev–Trinajstić information content (AvgIpc) is 2.91. The van der Waals surface area contributed by atoms with Crippen LogP contribution < -0.4 is 0 Å². The molecule has 0 saturated carbocycles. The molecule has 0 unspecified atom stereocenters. The fourth-order valence-corrected chi connectivity index (χ4v) is 3.37. The third-order valence-electron chi connectivity index (χ3n) is 3.64. The second kappa shape index (κ2) is 5.09. The molecule has 0 saturated heterocycles. The third kappa shape index (κ3) is 2.39. The summed E-state index contributed by atoms with van der Waals surface area (Å²) in [6.07, 6.45) is 6.09. The van der Waals surface area contributed by atoms with Crippen molar-refractivity contribution in [2.75, 3.05) is 14.1 Å². The second-order valence-corrected chi connectivity index (χ2v) is 7.33. The predicted octanol–water partition coefficient (Wildman–Crippen LogP) is 2.32. The minimum Gasteiger partial charge on any atom is -0.263 e. The van der Waals surface area contributed by atoms with Crippen LogP contribution in [0.25, 0.3) is 5.57 Å². The Labute approximate surface area is 124 Å². The van der Waals surface area contributed by atoms with Gasteiger partial charge in [-0.05, 0) is 29.2 Å². The van der Waals surface area contributed by atoms with Crippen molar-refractivity contribution in [2.45, 2.75) is 11.3 Å². The lowest BCUT2D eigenvalue weighted by molar-refractivity contribution is 0.520. The molecule has 1 aliphatic rings. The zero-order valence-corrected chi connectivity index (χ0v) is 12.8. The van der Waals surface area contributed by atoms with E-state index in [-0.39, 0.29) is 4.90 Å². The molecule has 21 heavy (non-hydrogen) atoms. The summed E-state index contributed by atoms with van der Waals surface area (Å²) in [5, 5.41) is 0. The normalized spacial score (nSPS) is 14.1. The van der Waals surface area contributed by atoms with E-state index in [1.165, 1.54) is 30.2 Å². The predicted molar refractivity (Wildman–Crippen MR) is 82.3 cm³/mol. The first-order chi connectivity index (χ1) is 10.00. The van der Waals surface area contributed by atoms with Gasteiger partial charge in [-0.25, -0.2) is 12.7 Å². The highest BCUT2D eigenvalue weighted by molar-refractivity contribution is 7.89. The van der Waals surface area contributed by atoms with E-state index in [2.05, 4.69) is 23.2 Å². The van der Waals surface area contributed by atoms with Gasteiger partial charge in [0, 0.05) is 32.1 Å². The minimum atomic E-state index is -3.46. The fourth-order valence-electron chi connectivity index (χ4n) is 2.47. The topological polar surface area (TPSA) is 50.3 Å². The highest BCUT2D eigenvalue weighted by Gasteiger charge is 2.20. The van der Waals surface area contributed by atoms with Crippen molar-refractivity contribution in [3.8, 4) is 0 Å². The number of pyridine rings is 1. The maximum Gasteiger partial charge on any atom is 0.244 e. The fraction of sp³-hybridized carbons (Fsp3) is 0.188. The number of hydrogen-bond donors (Lipinski definition) is 0. The lowest BCUT2D eigenvalue weighted by Gasteiger charge is -2.12. The Morgan fingerprint density at radius 3 is 2.67 bits per heavy atom. The molecule has 0 N–H and O–H groups in total.